The number of carboxylic acids is 3. The van der Waals surface area contributed by atoms with Gasteiger partial charge in [-0.3, -0.25) is 14.4 Å². The number of carboxylic acid groups (broad SMARTS) is 3. The van der Waals surface area contributed by atoms with Crippen molar-refractivity contribution in [1.29, 1.82) is 0 Å². The van der Waals surface area contributed by atoms with Gasteiger partial charge in [0.25, 0.3) is 0 Å². The van der Waals surface area contributed by atoms with E-state index in [1.165, 1.54) is 18.9 Å². The van der Waals surface area contributed by atoms with Crippen LogP contribution in [0.15, 0.2) is 36.4 Å². The smallest absolute Gasteiger partial charge is 0.337 e. The Bertz CT molecular complexity index is 1050. The molecule has 0 radical (unpaired) electrons. The molecule has 1 rings (SSSR count). The highest BCUT2D eigenvalue weighted by Crippen LogP contribution is 2.26. The average molecular weight is 590 g/mol. The zero-order valence-corrected chi connectivity index (χ0v) is 24.8. The summed E-state index contributed by atoms with van der Waals surface area (Å²) < 4.78 is 0. The number of carbonyl (C=O) groups excluding carboxylic acids is 2. The Hall–Kier alpha value is -3.53. The third-order valence-corrected chi connectivity index (χ3v) is 7.23. The van der Waals surface area contributed by atoms with Gasteiger partial charge in [0.2, 0.25) is 5.91 Å². The number of hydrogen-bond acceptors (Lipinski definition) is 6. The standard InChI is InChI=1S/C32H47NO9/c1-3-4-5-8-11-14-25(34)15-12-9-6-7-10-13-16-26(32(42,31(40)41)22-28(35)36)29(37)33-27(30(38)39)21-24-19-17-23(2)18-20-24/h13,16-20,26-27,42H,3-12,14-15,21-22H2,1-2H3,(H,33,37)(H,35,36)(H,38,39)(H,40,41)/t26-,27+,32+/m1/s1. The van der Waals surface area contributed by atoms with E-state index < -0.39 is 47.8 Å². The summed E-state index contributed by atoms with van der Waals surface area (Å²) in [6.07, 6.45) is 11.5. The van der Waals surface area contributed by atoms with Crippen LogP contribution in [0.5, 0.6) is 0 Å². The second kappa shape index (κ2) is 19.6. The summed E-state index contributed by atoms with van der Waals surface area (Å²) >= 11 is 0. The van der Waals surface area contributed by atoms with Crippen molar-refractivity contribution < 1.29 is 44.4 Å². The van der Waals surface area contributed by atoms with E-state index in [9.17, 15) is 44.4 Å². The summed E-state index contributed by atoms with van der Waals surface area (Å²) in [6.45, 7) is 4.02. The molecule has 0 aliphatic heterocycles. The first-order chi connectivity index (χ1) is 19.9. The number of aliphatic hydroxyl groups is 1. The molecule has 0 aliphatic carbocycles. The van der Waals surface area contributed by atoms with Crippen molar-refractivity contribution in [3.63, 3.8) is 0 Å². The van der Waals surface area contributed by atoms with E-state index in [0.717, 1.165) is 50.2 Å². The number of nitrogens with one attached hydrogen (secondary N) is 1. The van der Waals surface area contributed by atoms with Crippen LogP contribution in [0, 0.1) is 12.8 Å². The van der Waals surface area contributed by atoms with Crippen LogP contribution in [0.1, 0.15) is 102 Å². The number of ketones is 1. The molecule has 0 saturated heterocycles. The summed E-state index contributed by atoms with van der Waals surface area (Å²) in [5, 5.41) is 41.7. The second-order valence-electron chi connectivity index (χ2n) is 11.0. The SMILES string of the molecule is CCCCCCCC(=O)CCCCCCC=C[C@H](C(=O)N[C@@H](Cc1ccc(C)cc1)C(=O)O)[C@@](O)(CC(=O)O)C(=O)O. The molecule has 1 aromatic rings. The highest BCUT2D eigenvalue weighted by atomic mass is 16.4. The van der Waals surface area contributed by atoms with Gasteiger partial charge in [0.15, 0.2) is 5.60 Å². The lowest BCUT2D eigenvalue weighted by Gasteiger charge is -2.29. The van der Waals surface area contributed by atoms with Gasteiger partial charge in [-0.15, -0.1) is 0 Å². The van der Waals surface area contributed by atoms with Gasteiger partial charge in [-0.1, -0.05) is 87.4 Å². The van der Waals surface area contributed by atoms with Gasteiger partial charge in [-0.25, -0.2) is 9.59 Å². The van der Waals surface area contributed by atoms with E-state index >= 15 is 0 Å². The normalized spacial score (nSPS) is 14.2. The molecule has 3 atom stereocenters. The summed E-state index contributed by atoms with van der Waals surface area (Å²) in [5.74, 6) is -7.58. The van der Waals surface area contributed by atoms with E-state index in [1.807, 2.05) is 6.92 Å². The topological polar surface area (TPSA) is 178 Å². The maximum Gasteiger partial charge on any atom is 0.337 e. The van der Waals surface area contributed by atoms with Crippen molar-refractivity contribution in [2.75, 3.05) is 0 Å². The zero-order valence-electron chi connectivity index (χ0n) is 24.8. The summed E-state index contributed by atoms with van der Waals surface area (Å²) in [6, 6.07) is 5.54. The first-order valence-corrected chi connectivity index (χ1v) is 14.8. The zero-order chi connectivity index (χ0) is 31.5. The molecule has 0 spiro atoms. The van der Waals surface area contributed by atoms with E-state index in [4.69, 9.17) is 0 Å². The molecular weight excluding hydrogens is 542 g/mol. The molecule has 0 unspecified atom stereocenters. The largest absolute Gasteiger partial charge is 0.481 e. The molecule has 10 nitrogen and oxygen atoms in total. The number of Topliss-reactive ketones (excluding diaryl/α,β-unsaturated/α-hetero) is 1. The molecular formula is C32H47NO9. The van der Waals surface area contributed by atoms with Crippen LogP contribution >= 0.6 is 0 Å². The number of aryl methyl sites for hydroxylation is 1. The molecule has 1 aromatic carbocycles. The lowest BCUT2D eigenvalue weighted by Crippen LogP contribution is -2.55. The van der Waals surface area contributed by atoms with Crippen molar-refractivity contribution in [2.24, 2.45) is 5.92 Å². The lowest BCUT2D eigenvalue weighted by atomic mass is 9.82. The number of allylic oxidation sites excluding steroid dienone is 1. The maximum absolute atomic E-state index is 13.2. The molecule has 10 heteroatoms. The highest BCUT2D eigenvalue weighted by Gasteiger charge is 2.49. The number of carbonyl (C=O) groups is 5. The number of benzene rings is 1. The van der Waals surface area contributed by atoms with Crippen LogP contribution in [-0.4, -0.2) is 61.7 Å². The van der Waals surface area contributed by atoms with E-state index in [1.54, 1.807) is 24.3 Å². The van der Waals surface area contributed by atoms with Crippen molar-refractivity contribution in [2.45, 2.75) is 115 Å². The Balaban J connectivity index is 2.77. The predicted molar refractivity (Wildman–Crippen MR) is 158 cm³/mol. The molecule has 234 valence electrons. The molecule has 0 saturated carbocycles. The van der Waals surface area contributed by atoms with Crippen molar-refractivity contribution in [1.82, 2.24) is 5.32 Å². The fraction of sp³-hybridized carbons (Fsp3) is 0.594. The van der Waals surface area contributed by atoms with Crippen LogP contribution in [-0.2, 0) is 30.4 Å². The number of aliphatic carboxylic acids is 3. The predicted octanol–water partition coefficient (Wildman–Crippen LogP) is 4.84. The molecule has 0 bridgehead atoms. The summed E-state index contributed by atoms with van der Waals surface area (Å²) in [5.41, 5.74) is -1.41. The number of unbranched alkanes of at least 4 members (excludes halogenated alkanes) is 8. The number of hydrogen-bond donors (Lipinski definition) is 5. The quantitative estimate of drug-likeness (QED) is 0.0882. The maximum atomic E-state index is 13.2. The molecule has 5 N–H and O–H groups in total. The van der Waals surface area contributed by atoms with E-state index in [-0.39, 0.29) is 12.2 Å². The molecule has 0 aromatic heterocycles. The fourth-order valence-electron chi connectivity index (χ4n) is 4.65. The molecule has 42 heavy (non-hydrogen) atoms. The molecule has 0 heterocycles. The van der Waals surface area contributed by atoms with Crippen LogP contribution in [0.25, 0.3) is 0 Å². The third kappa shape index (κ3) is 13.9. The Morgan fingerprint density at radius 2 is 1.43 bits per heavy atom. The average Bonchev–Trinajstić information content (AvgIpc) is 2.92. The van der Waals surface area contributed by atoms with Gasteiger partial charge in [-0.2, -0.15) is 0 Å². The molecule has 1 amide bonds. The fourth-order valence-corrected chi connectivity index (χ4v) is 4.65. The van der Waals surface area contributed by atoms with Crippen LogP contribution < -0.4 is 5.32 Å². The highest BCUT2D eigenvalue weighted by molar-refractivity contribution is 5.94. The number of amides is 1. The number of rotatable bonds is 23. The van der Waals surface area contributed by atoms with Gasteiger partial charge in [0.05, 0.1) is 12.3 Å². The van der Waals surface area contributed by atoms with Gasteiger partial charge < -0.3 is 25.7 Å². The second-order valence-corrected chi connectivity index (χ2v) is 11.0. The summed E-state index contributed by atoms with van der Waals surface area (Å²) in [7, 11) is 0. The van der Waals surface area contributed by atoms with Crippen LogP contribution in [0.4, 0.5) is 0 Å². The van der Waals surface area contributed by atoms with Crippen molar-refractivity contribution in [3.8, 4) is 0 Å². The molecule has 0 aliphatic rings. The first-order valence-electron chi connectivity index (χ1n) is 14.8. The molecule has 0 fully saturated rings. The van der Waals surface area contributed by atoms with Crippen molar-refractivity contribution >= 4 is 29.6 Å². The first kappa shape index (κ1) is 36.5. The third-order valence-electron chi connectivity index (χ3n) is 7.23. The van der Waals surface area contributed by atoms with Crippen molar-refractivity contribution in [3.05, 3.63) is 47.5 Å². The van der Waals surface area contributed by atoms with Crippen LogP contribution in [0.3, 0.4) is 0 Å². The summed E-state index contributed by atoms with van der Waals surface area (Å²) in [4.78, 5) is 60.4. The lowest BCUT2D eigenvalue weighted by molar-refractivity contribution is -0.172. The minimum absolute atomic E-state index is 0.0937. The van der Waals surface area contributed by atoms with Gasteiger partial charge in [-0.05, 0) is 38.2 Å². The van der Waals surface area contributed by atoms with Crippen LogP contribution in [0.2, 0.25) is 0 Å². The minimum Gasteiger partial charge on any atom is -0.481 e. The van der Waals surface area contributed by atoms with Gasteiger partial charge >= 0.3 is 17.9 Å². The van der Waals surface area contributed by atoms with E-state index in [2.05, 4.69) is 12.2 Å². The minimum atomic E-state index is -2.99. The Morgan fingerprint density at radius 1 is 0.857 bits per heavy atom. The van der Waals surface area contributed by atoms with E-state index in [0.29, 0.717) is 31.2 Å². The monoisotopic (exact) mass is 589 g/mol. The Morgan fingerprint density at radius 3 is 1.95 bits per heavy atom. The van der Waals surface area contributed by atoms with Gasteiger partial charge in [0, 0.05) is 19.3 Å². The Labute approximate surface area is 248 Å². The van der Waals surface area contributed by atoms with Gasteiger partial charge in [0.1, 0.15) is 11.8 Å². The Kier molecular flexibility index (Phi) is 17.0.